The summed E-state index contributed by atoms with van der Waals surface area (Å²) in [4.78, 5) is 26.8. The number of urea groups is 1. The van der Waals surface area contributed by atoms with E-state index in [-0.39, 0.29) is 12.1 Å². The third-order valence-electron chi connectivity index (χ3n) is 3.57. The molecule has 1 fully saturated rings. The van der Waals surface area contributed by atoms with Gasteiger partial charge in [-0.1, -0.05) is 0 Å². The molecule has 0 aromatic rings. The van der Waals surface area contributed by atoms with Crippen molar-refractivity contribution in [3.63, 3.8) is 0 Å². The summed E-state index contributed by atoms with van der Waals surface area (Å²) in [6.07, 6.45) is 1.40. The van der Waals surface area contributed by atoms with Gasteiger partial charge in [-0.3, -0.25) is 4.79 Å². The van der Waals surface area contributed by atoms with Crippen LogP contribution in [0, 0.1) is 5.92 Å². The number of piperidine rings is 1. The number of amides is 2. The van der Waals surface area contributed by atoms with E-state index in [9.17, 15) is 9.59 Å². The Labute approximate surface area is 114 Å². The van der Waals surface area contributed by atoms with Gasteiger partial charge in [-0.25, -0.2) is 4.79 Å². The summed E-state index contributed by atoms with van der Waals surface area (Å²) >= 11 is 0. The minimum atomic E-state index is -0.814. The lowest BCUT2D eigenvalue weighted by Gasteiger charge is -2.37. The number of hydrogen-bond donors (Lipinski definition) is 1. The van der Waals surface area contributed by atoms with E-state index >= 15 is 0 Å². The Bertz CT molecular complexity index is 322. The second-order valence-electron chi connectivity index (χ2n) is 5.00. The van der Waals surface area contributed by atoms with Crippen molar-refractivity contribution in [2.24, 2.45) is 5.92 Å². The zero-order valence-corrected chi connectivity index (χ0v) is 12.0. The Balaban J connectivity index is 2.66. The number of carboxylic acid groups (broad SMARTS) is 1. The normalized spacial score (nSPS) is 21.0. The van der Waals surface area contributed by atoms with Gasteiger partial charge in [0.2, 0.25) is 0 Å². The van der Waals surface area contributed by atoms with Gasteiger partial charge in [0, 0.05) is 26.7 Å². The SMILES string of the molecule is CCN(C(=O)N1CCCC(C(=O)O)C1)C(C)COC. The standard InChI is InChI=1S/C13H24N2O4/c1-4-15(10(2)9-19-3)13(18)14-7-5-6-11(8-14)12(16)17/h10-11H,4-9H2,1-3H3,(H,16,17). The van der Waals surface area contributed by atoms with E-state index < -0.39 is 11.9 Å². The van der Waals surface area contributed by atoms with Crippen LogP contribution in [-0.4, -0.2) is 66.3 Å². The average molecular weight is 272 g/mol. The number of rotatable bonds is 5. The molecule has 6 nitrogen and oxygen atoms in total. The number of likely N-dealkylation sites (tertiary alicyclic amines) is 1. The minimum absolute atomic E-state index is 0.00676. The fourth-order valence-electron chi connectivity index (χ4n) is 2.50. The van der Waals surface area contributed by atoms with Crippen LogP contribution < -0.4 is 0 Å². The number of nitrogens with zero attached hydrogens (tertiary/aromatic N) is 2. The number of aliphatic carboxylic acids is 1. The molecule has 0 radical (unpaired) electrons. The zero-order chi connectivity index (χ0) is 14.4. The van der Waals surface area contributed by atoms with E-state index in [1.165, 1.54) is 0 Å². The zero-order valence-electron chi connectivity index (χ0n) is 12.0. The van der Waals surface area contributed by atoms with Crippen LogP contribution in [0.4, 0.5) is 4.79 Å². The number of carboxylic acids is 1. The first-order valence-electron chi connectivity index (χ1n) is 6.78. The van der Waals surface area contributed by atoms with Gasteiger partial charge >= 0.3 is 12.0 Å². The topological polar surface area (TPSA) is 70.1 Å². The van der Waals surface area contributed by atoms with Crippen molar-refractivity contribution >= 4 is 12.0 Å². The molecule has 0 bridgehead atoms. The summed E-state index contributed by atoms with van der Waals surface area (Å²) in [6, 6.07) is -0.0919. The van der Waals surface area contributed by atoms with Crippen LogP contribution in [0.5, 0.6) is 0 Å². The molecule has 2 amide bonds. The summed E-state index contributed by atoms with van der Waals surface area (Å²) in [7, 11) is 1.61. The van der Waals surface area contributed by atoms with E-state index in [0.29, 0.717) is 32.7 Å². The van der Waals surface area contributed by atoms with E-state index in [1.807, 2.05) is 13.8 Å². The molecule has 1 aliphatic heterocycles. The van der Waals surface area contributed by atoms with E-state index in [2.05, 4.69) is 0 Å². The van der Waals surface area contributed by atoms with Crippen LogP contribution in [0.3, 0.4) is 0 Å². The third-order valence-corrected chi connectivity index (χ3v) is 3.57. The van der Waals surface area contributed by atoms with Crippen molar-refractivity contribution in [2.45, 2.75) is 32.7 Å². The van der Waals surface area contributed by atoms with Gasteiger partial charge in [-0.2, -0.15) is 0 Å². The molecule has 0 aliphatic carbocycles. The summed E-state index contributed by atoms with van der Waals surface area (Å²) in [6.45, 7) is 5.88. The first kappa shape index (κ1) is 15.8. The van der Waals surface area contributed by atoms with Crippen LogP contribution in [0.15, 0.2) is 0 Å². The smallest absolute Gasteiger partial charge is 0.320 e. The molecular formula is C13H24N2O4. The van der Waals surface area contributed by atoms with E-state index in [4.69, 9.17) is 9.84 Å². The fraction of sp³-hybridized carbons (Fsp3) is 0.846. The van der Waals surface area contributed by atoms with Crippen molar-refractivity contribution in [3.05, 3.63) is 0 Å². The van der Waals surface area contributed by atoms with Crippen molar-refractivity contribution < 1.29 is 19.4 Å². The molecule has 110 valence electrons. The predicted octanol–water partition coefficient (Wildman–Crippen LogP) is 1.26. The highest BCUT2D eigenvalue weighted by Crippen LogP contribution is 2.18. The number of carbonyl (C=O) groups is 2. The van der Waals surface area contributed by atoms with E-state index in [1.54, 1.807) is 16.9 Å². The summed E-state index contributed by atoms with van der Waals surface area (Å²) in [5.41, 5.74) is 0. The lowest BCUT2D eigenvalue weighted by atomic mass is 9.98. The molecule has 2 unspecified atom stereocenters. The van der Waals surface area contributed by atoms with Crippen LogP contribution in [0.2, 0.25) is 0 Å². The molecule has 0 aromatic heterocycles. The van der Waals surface area contributed by atoms with Crippen LogP contribution >= 0.6 is 0 Å². The number of carbonyl (C=O) groups excluding carboxylic acids is 1. The molecule has 19 heavy (non-hydrogen) atoms. The largest absolute Gasteiger partial charge is 0.481 e. The minimum Gasteiger partial charge on any atom is -0.481 e. The highest BCUT2D eigenvalue weighted by molar-refractivity contribution is 5.77. The first-order chi connectivity index (χ1) is 9.01. The predicted molar refractivity (Wildman–Crippen MR) is 71.0 cm³/mol. The number of likely N-dealkylation sites (N-methyl/N-ethyl adjacent to an activating group) is 1. The van der Waals surface area contributed by atoms with Crippen LogP contribution in [0.1, 0.15) is 26.7 Å². The summed E-state index contributed by atoms with van der Waals surface area (Å²) in [5.74, 6) is -1.25. The molecule has 0 aromatic carbocycles. The van der Waals surface area contributed by atoms with Gasteiger partial charge in [0.1, 0.15) is 0 Å². The Morgan fingerprint density at radius 1 is 1.53 bits per heavy atom. The maximum absolute atomic E-state index is 12.4. The van der Waals surface area contributed by atoms with Gasteiger partial charge in [-0.15, -0.1) is 0 Å². The Kier molecular flexibility index (Phi) is 6.08. The quantitative estimate of drug-likeness (QED) is 0.818. The fourth-order valence-corrected chi connectivity index (χ4v) is 2.50. The summed E-state index contributed by atoms with van der Waals surface area (Å²) in [5, 5.41) is 9.06. The van der Waals surface area contributed by atoms with Gasteiger partial charge in [0.05, 0.1) is 18.6 Å². The average Bonchev–Trinajstić information content (AvgIpc) is 2.39. The molecule has 1 heterocycles. The molecule has 1 N–H and O–H groups in total. The van der Waals surface area contributed by atoms with Gasteiger partial charge in [0.25, 0.3) is 0 Å². The number of ether oxygens (including phenoxy) is 1. The second-order valence-corrected chi connectivity index (χ2v) is 5.00. The Morgan fingerprint density at radius 2 is 2.21 bits per heavy atom. The van der Waals surface area contributed by atoms with E-state index in [0.717, 1.165) is 6.42 Å². The maximum atomic E-state index is 12.4. The van der Waals surface area contributed by atoms with Crippen LogP contribution in [-0.2, 0) is 9.53 Å². The summed E-state index contributed by atoms with van der Waals surface area (Å²) < 4.78 is 5.08. The highest BCUT2D eigenvalue weighted by Gasteiger charge is 2.31. The van der Waals surface area contributed by atoms with Crippen molar-refractivity contribution in [1.29, 1.82) is 0 Å². The highest BCUT2D eigenvalue weighted by atomic mass is 16.5. The second kappa shape index (κ2) is 7.33. The lowest BCUT2D eigenvalue weighted by Crippen LogP contribution is -2.52. The molecule has 1 saturated heterocycles. The third kappa shape index (κ3) is 4.09. The Morgan fingerprint density at radius 3 is 2.74 bits per heavy atom. The monoisotopic (exact) mass is 272 g/mol. The molecule has 1 rings (SSSR count). The number of hydrogen-bond acceptors (Lipinski definition) is 3. The van der Waals surface area contributed by atoms with Gasteiger partial charge < -0.3 is 19.6 Å². The molecule has 6 heteroatoms. The van der Waals surface area contributed by atoms with Gasteiger partial charge in [0.15, 0.2) is 0 Å². The van der Waals surface area contributed by atoms with Crippen molar-refractivity contribution in [1.82, 2.24) is 9.80 Å². The number of methoxy groups -OCH3 is 1. The molecule has 1 aliphatic rings. The molecule has 0 spiro atoms. The van der Waals surface area contributed by atoms with Crippen molar-refractivity contribution in [2.75, 3.05) is 33.4 Å². The maximum Gasteiger partial charge on any atom is 0.320 e. The lowest BCUT2D eigenvalue weighted by molar-refractivity contribution is -0.143. The van der Waals surface area contributed by atoms with Crippen molar-refractivity contribution in [3.8, 4) is 0 Å². The molecule has 2 atom stereocenters. The van der Waals surface area contributed by atoms with Gasteiger partial charge in [-0.05, 0) is 26.7 Å². The Hall–Kier alpha value is -1.30. The first-order valence-corrected chi connectivity index (χ1v) is 6.78. The van der Waals surface area contributed by atoms with Crippen LogP contribution in [0.25, 0.3) is 0 Å². The molecular weight excluding hydrogens is 248 g/mol. The molecule has 0 saturated carbocycles.